The Kier molecular flexibility index (Phi) is 3.87. The lowest BCUT2D eigenvalue weighted by Crippen LogP contribution is -2.35. The zero-order valence-electron chi connectivity index (χ0n) is 12.7. The van der Waals surface area contributed by atoms with Crippen molar-refractivity contribution in [2.75, 3.05) is 0 Å². The zero-order valence-corrected chi connectivity index (χ0v) is 12.7. The maximum Gasteiger partial charge on any atom is 0.244 e. The molecule has 3 rings (SSSR count). The van der Waals surface area contributed by atoms with E-state index in [-0.39, 0.29) is 0 Å². The summed E-state index contributed by atoms with van der Waals surface area (Å²) in [6.07, 6.45) is 2.23. The quantitative estimate of drug-likeness (QED) is 0.646. The monoisotopic (exact) mass is 277 g/mol. The fourth-order valence-electron chi connectivity index (χ4n) is 2.64. The number of nitrogens with zero attached hydrogens (tertiary/aromatic N) is 2. The molecule has 1 heterocycles. The van der Waals surface area contributed by atoms with Crippen molar-refractivity contribution in [1.29, 1.82) is 0 Å². The smallest absolute Gasteiger partial charge is 0.230 e. The summed E-state index contributed by atoms with van der Waals surface area (Å²) < 4.78 is 4.65. The third-order valence-electron chi connectivity index (χ3n) is 4.06. The Labute approximate surface area is 126 Å². The molecule has 0 N–H and O–H groups in total. The topological polar surface area (TPSA) is 8.81 Å². The van der Waals surface area contributed by atoms with Crippen LogP contribution in [0.25, 0.3) is 0 Å². The molecule has 1 aromatic heterocycles. The van der Waals surface area contributed by atoms with Crippen LogP contribution in [0.15, 0.2) is 67.0 Å². The first-order valence-corrected chi connectivity index (χ1v) is 7.37. The molecule has 2 heteroatoms. The second-order valence-corrected chi connectivity index (χ2v) is 5.51. The SMILES string of the molecule is Cc1c(C)[n+](Cc2ccccc2)cn1Cc1ccccc1. The van der Waals surface area contributed by atoms with Gasteiger partial charge in [-0.1, -0.05) is 60.7 Å². The Morgan fingerprint density at radius 3 is 2.00 bits per heavy atom. The Morgan fingerprint density at radius 2 is 1.38 bits per heavy atom. The number of imidazole rings is 1. The van der Waals surface area contributed by atoms with Gasteiger partial charge in [-0.05, 0) is 11.1 Å². The van der Waals surface area contributed by atoms with Gasteiger partial charge in [0.25, 0.3) is 0 Å². The van der Waals surface area contributed by atoms with Gasteiger partial charge in [-0.15, -0.1) is 0 Å². The predicted molar refractivity (Wildman–Crippen MR) is 85.2 cm³/mol. The number of benzene rings is 2. The first-order valence-electron chi connectivity index (χ1n) is 7.37. The van der Waals surface area contributed by atoms with Crippen molar-refractivity contribution in [3.8, 4) is 0 Å². The molecule has 0 aliphatic rings. The average molecular weight is 277 g/mol. The maximum absolute atomic E-state index is 2.33. The van der Waals surface area contributed by atoms with Crippen molar-refractivity contribution in [3.63, 3.8) is 0 Å². The minimum atomic E-state index is 0.926. The van der Waals surface area contributed by atoms with E-state index in [9.17, 15) is 0 Å². The third kappa shape index (κ3) is 3.05. The van der Waals surface area contributed by atoms with Crippen molar-refractivity contribution in [2.24, 2.45) is 0 Å². The summed E-state index contributed by atoms with van der Waals surface area (Å²) in [6.45, 7) is 6.24. The van der Waals surface area contributed by atoms with E-state index in [0.717, 1.165) is 13.1 Å². The summed E-state index contributed by atoms with van der Waals surface area (Å²) >= 11 is 0. The summed E-state index contributed by atoms with van der Waals surface area (Å²) in [5.41, 5.74) is 5.33. The predicted octanol–water partition coefficient (Wildman–Crippen LogP) is 3.49. The largest absolute Gasteiger partial charge is 0.244 e. The number of aromatic nitrogens is 2. The van der Waals surface area contributed by atoms with Gasteiger partial charge in [0.15, 0.2) is 0 Å². The number of rotatable bonds is 4. The van der Waals surface area contributed by atoms with Crippen molar-refractivity contribution in [1.82, 2.24) is 4.57 Å². The lowest BCUT2D eigenvalue weighted by molar-refractivity contribution is -0.693. The lowest BCUT2D eigenvalue weighted by Gasteiger charge is -1.99. The van der Waals surface area contributed by atoms with Crippen LogP contribution >= 0.6 is 0 Å². The molecule has 3 aromatic rings. The van der Waals surface area contributed by atoms with Crippen LogP contribution in [0.5, 0.6) is 0 Å². The summed E-state index contributed by atoms with van der Waals surface area (Å²) in [5.74, 6) is 0. The van der Waals surface area contributed by atoms with Gasteiger partial charge < -0.3 is 0 Å². The highest BCUT2D eigenvalue weighted by atomic mass is 15.1. The van der Waals surface area contributed by atoms with Crippen LogP contribution in [0.1, 0.15) is 22.5 Å². The van der Waals surface area contributed by atoms with Gasteiger partial charge in [0.2, 0.25) is 6.33 Å². The van der Waals surface area contributed by atoms with Gasteiger partial charge in [-0.2, -0.15) is 0 Å². The molecule has 0 amide bonds. The van der Waals surface area contributed by atoms with E-state index < -0.39 is 0 Å². The van der Waals surface area contributed by atoms with Crippen LogP contribution in [0.4, 0.5) is 0 Å². The van der Waals surface area contributed by atoms with E-state index >= 15 is 0 Å². The molecule has 0 spiro atoms. The molecule has 2 nitrogen and oxygen atoms in total. The van der Waals surface area contributed by atoms with Gasteiger partial charge in [0.05, 0.1) is 0 Å². The fourth-order valence-corrected chi connectivity index (χ4v) is 2.64. The van der Waals surface area contributed by atoms with Crippen molar-refractivity contribution in [3.05, 3.63) is 89.5 Å². The summed E-state index contributed by atoms with van der Waals surface area (Å²) in [5, 5.41) is 0. The molecule has 0 radical (unpaired) electrons. The Bertz CT molecular complexity index is 650. The fraction of sp³-hybridized carbons (Fsp3) is 0.211. The number of hydrogen-bond acceptors (Lipinski definition) is 0. The van der Waals surface area contributed by atoms with Crippen LogP contribution in [0, 0.1) is 13.8 Å². The first-order chi connectivity index (χ1) is 10.2. The second-order valence-electron chi connectivity index (χ2n) is 5.51. The molecule has 106 valence electrons. The number of hydrogen-bond donors (Lipinski definition) is 0. The van der Waals surface area contributed by atoms with Gasteiger partial charge in [-0.25, -0.2) is 9.13 Å². The van der Waals surface area contributed by atoms with Gasteiger partial charge in [0, 0.05) is 13.8 Å². The van der Waals surface area contributed by atoms with Gasteiger partial charge >= 0.3 is 0 Å². The second kappa shape index (κ2) is 5.96. The van der Waals surface area contributed by atoms with E-state index in [0.29, 0.717) is 0 Å². The molecule has 0 fully saturated rings. The van der Waals surface area contributed by atoms with Gasteiger partial charge in [0.1, 0.15) is 24.5 Å². The molecule has 0 saturated carbocycles. The summed E-state index contributed by atoms with van der Waals surface area (Å²) in [6, 6.07) is 21.2. The van der Waals surface area contributed by atoms with Crippen LogP contribution < -0.4 is 4.57 Å². The minimum absolute atomic E-state index is 0.926. The van der Waals surface area contributed by atoms with E-state index in [2.05, 4.69) is 90.0 Å². The van der Waals surface area contributed by atoms with E-state index in [1.54, 1.807) is 0 Å². The molecular formula is C19H21N2+. The third-order valence-corrected chi connectivity index (χ3v) is 4.06. The Morgan fingerprint density at radius 1 is 0.810 bits per heavy atom. The minimum Gasteiger partial charge on any atom is -0.230 e. The molecule has 0 saturated heterocycles. The van der Waals surface area contributed by atoms with E-state index in [4.69, 9.17) is 0 Å². The maximum atomic E-state index is 2.33. The molecular weight excluding hydrogens is 256 g/mol. The van der Waals surface area contributed by atoms with Crippen LogP contribution in [-0.2, 0) is 13.1 Å². The highest BCUT2D eigenvalue weighted by molar-refractivity contribution is 5.17. The molecule has 0 unspecified atom stereocenters. The Balaban J connectivity index is 1.85. The molecule has 0 atom stereocenters. The summed E-state index contributed by atoms with van der Waals surface area (Å²) in [4.78, 5) is 0. The normalized spacial score (nSPS) is 10.8. The molecule has 2 aromatic carbocycles. The Hall–Kier alpha value is -2.35. The van der Waals surface area contributed by atoms with E-state index in [1.807, 2.05) is 0 Å². The van der Waals surface area contributed by atoms with Crippen LogP contribution in [0.3, 0.4) is 0 Å². The van der Waals surface area contributed by atoms with Crippen molar-refractivity contribution >= 4 is 0 Å². The molecule has 0 aliphatic heterocycles. The van der Waals surface area contributed by atoms with Crippen molar-refractivity contribution in [2.45, 2.75) is 26.9 Å². The van der Waals surface area contributed by atoms with Gasteiger partial charge in [-0.3, -0.25) is 0 Å². The lowest BCUT2D eigenvalue weighted by atomic mass is 10.2. The average Bonchev–Trinajstić information content (AvgIpc) is 2.78. The van der Waals surface area contributed by atoms with Crippen molar-refractivity contribution < 1.29 is 4.57 Å². The summed E-state index contributed by atoms with van der Waals surface area (Å²) in [7, 11) is 0. The molecule has 21 heavy (non-hydrogen) atoms. The first kappa shape index (κ1) is 13.6. The van der Waals surface area contributed by atoms with E-state index in [1.165, 1.54) is 22.5 Å². The molecule has 0 bridgehead atoms. The van der Waals surface area contributed by atoms with Crippen LogP contribution in [-0.4, -0.2) is 4.57 Å². The highest BCUT2D eigenvalue weighted by Gasteiger charge is 2.16. The van der Waals surface area contributed by atoms with Crippen LogP contribution in [0.2, 0.25) is 0 Å². The highest BCUT2D eigenvalue weighted by Crippen LogP contribution is 2.09. The standard InChI is InChI=1S/C19H21N2/c1-16-17(2)21(14-19-11-7-4-8-12-19)15-20(16)13-18-9-5-3-6-10-18/h3-12,15H,13-14H2,1-2H3/q+1. The zero-order chi connectivity index (χ0) is 14.7. The molecule has 0 aliphatic carbocycles.